The van der Waals surface area contributed by atoms with E-state index >= 15 is 0 Å². The summed E-state index contributed by atoms with van der Waals surface area (Å²) in [7, 11) is 0. The Labute approximate surface area is 182 Å². The first kappa shape index (κ1) is 19.0. The number of aryl methyl sites for hydroxylation is 2. The standard InChI is InChI=1S/C23H20N2OS3/c1-14-15(2)28-22-19(14)21(26)24-23-25(22)20(16-9-5-3-6-10-16)18(13-27-23)29-17-11-7-4-8-12-17/h3-12,18,20H,13H2,1-2H3/t18-,20-/m0/s1. The Morgan fingerprint density at radius 2 is 1.72 bits per heavy atom. The molecule has 6 heteroatoms. The summed E-state index contributed by atoms with van der Waals surface area (Å²) in [6.07, 6.45) is 0. The van der Waals surface area contributed by atoms with Crippen LogP contribution < -0.4 is 5.56 Å². The Hall–Kier alpha value is -2.02. The Kier molecular flexibility index (Phi) is 5.02. The van der Waals surface area contributed by atoms with Crippen LogP contribution in [-0.4, -0.2) is 20.6 Å². The van der Waals surface area contributed by atoms with Gasteiger partial charge in [-0.3, -0.25) is 4.79 Å². The molecular formula is C23H20N2OS3. The zero-order valence-electron chi connectivity index (χ0n) is 16.2. The van der Waals surface area contributed by atoms with E-state index in [1.807, 2.05) is 18.7 Å². The first-order chi connectivity index (χ1) is 14.1. The summed E-state index contributed by atoms with van der Waals surface area (Å²) >= 11 is 5.32. The maximum Gasteiger partial charge on any atom is 0.282 e. The average Bonchev–Trinajstić information content (AvgIpc) is 3.05. The molecule has 29 heavy (non-hydrogen) atoms. The van der Waals surface area contributed by atoms with Crippen molar-refractivity contribution in [3.63, 3.8) is 0 Å². The minimum atomic E-state index is -0.0958. The molecule has 0 N–H and O–H groups in total. The number of nitrogens with zero attached hydrogens (tertiary/aromatic N) is 2. The highest BCUT2D eigenvalue weighted by Crippen LogP contribution is 2.45. The number of benzene rings is 2. The van der Waals surface area contributed by atoms with E-state index in [1.165, 1.54) is 15.3 Å². The fourth-order valence-corrected chi connectivity index (χ4v) is 7.64. The van der Waals surface area contributed by atoms with Crippen LogP contribution in [-0.2, 0) is 0 Å². The molecule has 0 amide bonds. The lowest BCUT2D eigenvalue weighted by atomic mass is 10.0. The molecule has 0 bridgehead atoms. The van der Waals surface area contributed by atoms with Crippen LogP contribution in [0.3, 0.4) is 0 Å². The van der Waals surface area contributed by atoms with Crippen molar-refractivity contribution in [1.29, 1.82) is 0 Å². The van der Waals surface area contributed by atoms with Crippen LogP contribution in [0.5, 0.6) is 0 Å². The van der Waals surface area contributed by atoms with Crippen LogP contribution in [0.4, 0.5) is 0 Å². The van der Waals surface area contributed by atoms with Crippen molar-refractivity contribution in [3.8, 4) is 0 Å². The molecule has 4 aromatic rings. The normalized spacial score (nSPS) is 18.7. The Balaban J connectivity index is 1.73. The SMILES string of the molecule is Cc1sc2c(c1C)c(=O)nc1n2[C@@H](c2ccccc2)[C@@H](Sc2ccccc2)CS1. The Bertz CT molecular complexity index is 1230. The van der Waals surface area contributed by atoms with Gasteiger partial charge in [0.2, 0.25) is 0 Å². The van der Waals surface area contributed by atoms with Gasteiger partial charge in [-0.25, -0.2) is 0 Å². The van der Waals surface area contributed by atoms with E-state index in [9.17, 15) is 4.79 Å². The first-order valence-electron chi connectivity index (χ1n) is 9.55. The van der Waals surface area contributed by atoms with Crippen LogP contribution in [0.25, 0.3) is 10.2 Å². The molecule has 0 saturated heterocycles. The third-order valence-electron chi connectivity index (χ3n) is 5.38. The molecule has 0 fully saturated rings. The molecule has 0 spiro atoms. The van der Waals surface area contributed by atoms with Gasteiger partial charge in [-0.1, -0.05) is 60.3 Å². The molecular weight excluding hydrogens is 416 g/mol. The van der Waals surface area contributed by atoms with Gasteiger partial charge < -0.3 is 4.57 Å². The van der Waals surface area contributed by atoms with Gasteiger partial charge in [-0.05, 0) is 37.1 Å². The van der Waals surface area contributed by atoms with Gasteiger partial charge in [0.05, 0.1) is 11.4 Å². The van der Waals surface area contributed by atoms with E-state index < -0.39 is 0 Å². The summed E-state index contributed by atoms with van der Waals surface area (Å²) in [6, 6.07) is 21.3. The quantitative estimate of drug-likeness (QED) is 0.373. The maximum absolute atomic E-state index is 12.8. The van der Waals surface area contributed by atoms with Gasteiger partial charge >= 0.3 is 0 Å². The van der Waals surface area contributed by atoms with Gasteiger partial charge in [0, 0.05) is 20.8 Å². The fraction of sp³-hybridized carbons (Fsp3) is 0.217. The lowest BCUT2D eigenvalue weighted by Crippen LogP contribution is -2.32. The van der Waals surface area contributed by atoms with Crippen LogP contribution in [0.15, 0.2) is 75.5 Å². The van der Waals surface area contributed by atoms with Crippen LogP contribution in [0.2, 0.25) is 0 Å². The van der Waals surface area contributed by atoms with Crippen LogP contribution in [0, 0.1) is 13.8 Å². The number of fused-ring (bicyclic) bond motifs is 3. The molecule has 2 aromatic heterocycles. The number of aromatic nitrogens is 2. The second-order valence-electron chi connectivity index (χ2n) is 7.17. The fourth-order valence-electron chi connectivity index (χ4n) is 3.86. The zero-order valence-corrected chi connectivity index (χ0v) is 18.6. The van der Waals surface area contributed by atoms with Crippen molar-refractivity contribution in [2.24, 2.45) is 0 Å². The molecule has 146 valence electrons. The molecule has 0 unspecified atom stereocenters. The summed E-state index contributed by atoms with van der Waals surface area (Å²) in [6.45, 7) is 4.13. The lowest BCUT2D eigenvalue weighted by Gasteiger charge is -2.35. The molecule has 1 aliphatic heterocycles. The van der Waals surface area contributed by atoms with Crippen LogP contribution in [0.1, 0.15) is 22.0 Å². The van der Waals surface area contributed by atoms with Gasteiger partial charge in [0.15, 0.2) is 5.16 Å². The number of hydrogen-bond donors (Lipinski definition) is 0. The van der Waals surface area contributed by atoms with Gasteiger partial charge in [-0.2, -0.15) is 4.98 Å². The molecule has 1 aliphatic rings. The van der Waals surface area contributed by atoms with Crippen molar-refractivity contribution in [2.45, 2.75) is 35.2 Å². The number of thioether (sulfide) groups is 2. The largest absolute Gasteiger partial charge is 0.303 e. The maximum atomic E-state index is 12.8. The minimum absolute atomic E-state index is 0.0958. The number of thiophene rings is 1. The van der Waals surface area contributed by atoms with Crippen molar-refractivity contribution < 1.29 is 0 Å². The molecule has 5 rings (SSSR count). The van der Waals surface area contributed by atoms with Crippen molar-refractivity contribution >= 4 is 45.1 Å². The predicted molar refractivity (Wildman–Crippen MR) is 125 cm³/mol. The molecule has 2 atom stereocenters. The highest BCUT2D eigenvalue weighted by atomic mass is 32.2. The second kappa shape index (κ2) is 7.67. The first-order valence-corrected chi connectivity index (χ1v) is 12.2. The molecule has 2 aromatic carbocycles. The molecule has 0 radical (unpaired) electrons. The third kappa shape index (κ3) is 3.33. The summed E-state index contributed by atoms with van der Waals surface area (Å²) in [5.74, 6) is 0.917. The lowest BCUT2D eigenvalue weighted by molar-refractivity contribution is 0.526. The van der Waals surface area contributed by atoms with Gasteiger partial charge in [0.25, 0.3) is 5.56 Å². The molecule has 0 saturated carbocycles. The highest BCUT2D eigenvalue weighted by molar-refractivity contribution is 8.03. The van der Waals surface area contributed by atoms with Crippen molar-refractivity contribution in [3.05, 3.63) is 87.0 Å². The second-order valence-corrected chi connectivity index (χ2v) is 10.7. The highest BCUT2D eigenvalue weighted by Gasteiger charge is 2.34. The van der Waals surface area contributed by atoms with E-state index in [1.54, 1.807) is 23.1 Å². The summed E-state index contributed by atoms with van der Waals surface area (Å²) < 4.78 is 2.32. The summed E-state index contributed by atoms with van der Waals surface area (Å²) in [4.78, 5) is 20.8. The van der Waals surface area contributed by atoms with Crippen LogP contribution >= 0.6 is 34.9 Å². The molecule has 0 aliphatic carbocycles. The van der Waals surface area contributed by atoms with E-state index in [-0.39, 0.29) is 11.6 Å². The third-order valence-corrected chi connectivity index (χ3v) is 9.14. The average molecular weight is 437 g/mol. The Morgan fingerprint density at radius 1 is 1.03 bits per heavy atom. The Morgan fingerprint density at radius 3 is 2.45 bits per heavy atom. The summed E-state index contributed by atoms with van der Waals surface area (Å²) in [5.41, 5.74) is 2.23. The zero-order chi connectivity index (χ0) is 20.0. The van der Waals surface area contributed by atoms with Crippen molar-refractivity contribution in [2.75, 3.05) is 5.75 Å². The topological polar surface area (TPSA) is 34.9 Å². The monoisotopic (exact) mass is 436 g/mol. The number of rotatable bonds is 3. The van der Waals surface area contributed by atoms with E-state index in [0.29, 0.717) is 5.25 Å². The predicted octanol–water partition coefficient (Wildman–Crippen LogP) is 5.93. The minimum Gasteiger partial charge on any atom is -0.303 e. The smallest absolute Gasteiger partial charge is 0.282 e. The van der Waals surface area contributed by atoms with E-state index in [4.69, 9.17) is 0 Å². The number of hydrogen-bond acceptors (Lipinski definition) is 5. The van der Waals surface area contributed by atoms with E-state index in [2.05, 4.69) is 77.1 Å². The van der Waals surface area contributed by atoms with Crippen molar-refractivity contribution in [1.82, 2.24) is 9.55 Å². The molecule has 3 heterocycles. The van der Waals surface area contributed by atoms with Gasteiger partial charge in [0.1, 0.15) is 4.83 Å². The molecule has 3 nitrogen and oxygen atoms in total. The van der Waals surface area contributed by atoms with E-state index in [0.717, 1.165) is 26.7 Å². The van der Waals surface area contributed by atoms with Gasteiger partial charge in [-0.15, -0.1) is 23.1 Å². The summed E-state index contributed by atoms with van der Waals surface area (Å²) in [5, 5.41) is 1.96.